The van der Waals surface area contributed by atoms with Crippen LogP contribution in [-0.4, -0.2) is 75.6 Å². The summed E-state index contributed by atoms with van der Waals surface area (Å²) in [4.78, 5) is 36.6. The van der Waals surface area contributed by atoms with Crippen LogP contribution in [0, 0.1) is 11.7 Å². The number of benzene rings is 2. The van der Waals surface area contributed by atoms with Crippen LogP contribution in [0.5, 0.6) is 11.5 Å². The van der Waals surface area contributed by atoms with Crippen molar-refractivity contribution in [3.8, 4) is 11.5 Å². The molecule has 2 saturated heterocycles. The first-order valence-electron chi connectivity index (χ1n) is 13.3. The minimum absolute atomic E-state index is 0.0504. The predicted molar refractivity (Wildman–Crippen MR) is 141 cm³/mol. The molecular weight excluding hydrogens is 487 g/mol. The van der Waals surface area contributed by atoms with E-state index in [2.05, 4.69) is 16.8 Å². The summed E-state index contributed by atoms with van der Waals surface area (Å²) in [5, 5.41) is 10.7. The number of halogens is 1. The first kappa shape index (κ1) is 24.7. The SMILES string of the molecule is COc1ccc2[nH]c3c(c2c1F)CC1(C)C(=O)N(CCN2CCC(C)CC2)C(=O)N1C3c1cccc(O)c1. The number of phenolic OH excluding ortho intramolecular Hbond substituents is 1. The van der Waals surface area contributed by atoms with Crippen LogP contribution in [0.4, 0.5) is 9.18 Å². The first-order valence-corrected chi connectivity index (χ1v) is 13.3. The number of phenols is 1. The number of imide groups is 1. The summed E-state index contributed by atoms with van der Waals surface area (Å²) in [5.74, 6) is 0.0881. The zero-order valence-electron chi connectivity index (χ0n) is 22.0. The fraction of sp³-hybridized carbons (Fsp3) is 0.448. The average Bonchev–Trinajstić information content (AvgIpc) is 3.35. The van der Waals surface area contributed by atoms with Crippen molar-refractivity contribution >= 4 is 22.8 Å². The molecule has 2 unspecified atom stereocenters. The van der Waals surface area contributed by atoms with Crippen LogP contribution in [0.2, 0.25) is 0 Å². The van der Waals surface area contributed by atoms with Gasteiger partial charge in [-0.05, 0) is 74.2 Å². The zero-order valence-corrected chi connectivity index (χ0v) is 22.0. The predicted octanol–water partition coefficient (Wildman–Crippen LogP) is 4.42. The molecule has 0 bridgehead atoms. The molecule has 9 heteroatoms. The molecule has 0 saturated carbocycles. The van der Waals surface area contributed by atoms with Crippen LogP contribution in [0.25, 0.3) is 10.9 Å². The molecule has 8 nitrogen and oxygen atoms in total. The summed E-state index contributed by atoms with van der Waals surface area (Å²) in [5.41, 5.74) is 1.30. The number of fused-ring (bicyclic) bond motifs is 4. The van der Waals surface area contributed by atoms with Gasteiger partial charge in [-0.2, -0.15) is 0 Å². The van der Waals surface area contributed by atoms with Gasteiger partial charge in [0, 0.05) is 36.1 Å². The Morgan fingerprint density at radius 1 is 1.16 bits per heavy atom. The van der Waals surface area contributed by atoms with Gasteiger partial charge in [-0.25, -0.2) is 9.18 Å². The number of carbonyl (C=O) groups excluding carboxylic acids is 2. The standard InChI is InChI=1S/C29H33FN4O4/c1-17-9-11-32(12-10-17)13-14-33-27(36)29(2)16-20-23-21(7-8-22(38-3)24(23)30)31-25(20)26(34(29)28(33)37)18-5-4-6-19(35)15-18/h4-8,15,17,26,31,35H,9-14,16H2,1-3H3. The van der Waals surface area contributed by atoms with E-state index in [1.165, 1.54) is 12.0 Å². The van der Waals surface area contributed by atoms with Gasteiger partial charge < -0.3 is 19.7 Å². The molecule has 2 atom stereocenters. The largest absolute Gasteiger partial charge is 0.508 e. The van der Waals surface area contributed by atoms with Crippen LogP contribution in [-0.2, 0) is 11.2 Å². The fourth-order valence-corrected chi connectivity index (χ4v) is 6.47. The smallest absolute Gasteiger partial charge is 0.328 e. The third-order valence-electron chi connectivity index (χ3n) is 8.65. The van der Waals surface area contributed by atoms with Crippen LogP contribution in [0.3, 0.4) is 0 Å². The van der Waals surface area contributed by atoms with Gasteiger partial charge in [-0.3, -0.25) is 14.6 Å². The van der Waals surface area contributed by atoms with E-state index in [0.29, 0.717) is 46.7 Å². The number of urea groups is 1. The van der Waals surface area contributed by atoms with Gasteiger partial charge in [0.2, 0.25) is 0 Å². The number of H-pyrrole nitrogens is 1. The topological polar surface area (TPSA) is 89.1 Å². The van der Waals surface area contributed by atoms with E-state index in [1.807, 2.05) is 6.07 Å². The molecule has 200 valence electrons. The molecule has 1 aromatic heterocycles. The van der Waals surface area contributed by atoms with Gasteiger partial charge in [-0.15, -0.1) is 0 Å². The number of carbonyl (C=O) groups is 2. The lowest BCUT2D eigenvalue weighted by atomic mass is 9.81. The number of nitrogens with zero attached hydrogens (tertiary/aromatic N) is 3. The van der Waals surface area contributed by atoms with Gasteiger partial charge in [0.25, 0.3) is 5.91 Å². The maximum Gasteiger partial charge on any atom is 0.328 e. The number of aromatic hydroxyl groups is 1. The summed E-state index contributed by atoms with van der Waals surface area (Å²) in [6.45, 7) is 6.88. The Kier molecular flexibility index (Phi) is 5.86. The molecule has 0 radical (unpaired) electrons. The van der Waals surface area contributed by atoms with Gasteiger partial charge in [0.15, 0.2) is 11.6 Å². The van der Waals surface area contributed by atoms with Crippen molar-refractivity contribution in [2.75, 3.05) is 33.3 Å². The summed E-state index contributed by atoms with van der Waals surface area (Å²) in [6, 6.07) is 8.92. The number of likely N-dealkylation sites (tertiary alicyclic amines) is 1. The zero-order chi connectivity index (χ0) is 26.8. The molecule has 3 aromatic rings. The van der Waals surface area contributed by atoms with Crippen molar-refractivity contribution in [2.24, 2.45) is 5.92 Å². The van der Waals surface area contributed by atoms with Crippen LogP contribution in [0.1, 0.15) is 49.6 Å². The molecule has 3 aliphatic rings. The highest BCUT2D eigenvalue weighted by Gasteiger charge is 2.60. The lowest BCUT2D eigenvalue weighted by Gasteiger charge is -2.42. The summed E-state index contributed by atoms with van der Waals surface area (Å²) < 4.78 is 20.8. The Bertz CT molecular complexity index is 1430. The molecule has 3 amide bonds. The van der Waals surface area contributed by atoms with Crippen molar-refractivity contribution in [1.29, 1.82) is 0 Å². The van der Waals surface area contributed by atoms with E-state index in [-0.39, 0.29) is 29.9 Å². The van der Waals surface area contributed by atoms with Gasteiger partial charge in [0.1, 0.15) is 17.3 Å². The van der Waals surface area contributed by atoms with Gasteiger partial charge in [0.05, 0.1) is 7.11 Å². The number of ether oxygens (including phenoxy) is 1. The van der Waals surface area contributed by atoms with Crippen molar-refractivity contribution < 1.29 is 23.8 Å². The van der Waals surface area contributed by atoms with E-state index in [1.54, 1.807) is 42.2 Å². The molecule has 2 fully saturated rings. The highest BCUT2D eigenvalue weighted by molar-refractivity contribution is 6.08. The molecule has 38 heavy (non-hydrogen) atoms. The number of hydrogen-bond donors (Lipinski definition) is 2. The molecular formula is C29H33FN4O4. The second-order valence-electron chi connectivity index (χ2n) is 11.1. The Morgan fingerprint density at radius 2 is 1.92 bits per heavy atom. The van der Waals surface area contributed by atoms with Crippen LogP contribution >= 0.6 is 0 Å². The first-order chi connectivity index (χ1) is 18.2. The van der Waals surface area contributed by atoms with Crippen LogP contribution < -0.4 is 4.74 Å². The highest BCUT2D eigenvalue weighted by Crippen LogP contribution is 2.49. The van der Waals surface area contributed by atoms with E-state index >= 15 is 4.39 Å². The molecule has 2 aromatic carbocycles. The number of rotatable bonds is 5. The number of nitrogens with one attached hydrogen (secondary N) is 1. The molecule has 2 N–H and O–H groups in total. The minimum Gasteiger partial charge on any atom is -0.508 e. The van der Waals surface area contributed by atoms with E-state index < -0.39 is 17.4 Å². The van der Waals surface area contributed by atoms with Crippen molar-refractivity contribution in [3.05, 3.63) is 59.0 Å². The second kappa shape index (κ2) is 9.01. The summed E-state index contributed by atoms with van der Waals surface area (Å²) in [7, 11) is 1.42. The maximum absolute atomic E-state index is 15.6. The highest BCUT2D eigenvalue weighted by atomic mass is 19.1. The normalized spacial score (nSPS) is 24.3. The van der Waals surface area contributed by atoms with Crippen molar-refractivity contribution in [1.82, 2.24) is 19.7 Å². The van der Waals surface area contributed by atoms with Crippen LogP contribution in [0.15, 0.2) is 36.4 Å². The minimum atomic E-state index is -1.21. The third kappa shape index (κ3) is 3.66. The molecule has 6 rings (SSSR count). The Balaban J connectivity index is 1.44. The number of aromatic amines is 1. The fourth-order valence-electron chi connectivity index (χ4n) is 6.47. The number of piperidine rings is 1. The lowest BCUT2D eigenvalue weighted by Crippen LogP contribution is -2.53. The lowest BCUT2D eigenvalue weighted by molar-refractivity contribution is -0.133. The quantitative estimate of drug-likeness (QED) is 0.486. The number of aromatic nitrogens is 1. The van der Waals surface area contributed by atoms with Crippen molar-refractivity contribution in [3.63, 3.8) is 0 Å². The maximum atomic E-state index is 15.6. The summed E-state index contributed by atoms with van der Waals surface area (Å²) in [6.07, 6.45) is 2.40. The Labute approximate surface area is 221 Å². The molecule has 4 heterocycles. The Morgan fingerprint density at radius 3 is 2.63 bits per heavy atom. The monoisotopic (exact) mass is 520 g/mol. The third-order valence-corrected chi connectivity index (χ3v) is 8.65. The Hall–Kier alpha value is -3.59. The van der Waals surface area contributed by atoms with E-state index in [0.717, 1.165) is 25.9 Å². The van der Waals surface area contributed by atoms with E-state index in [4.69, 9.17) is 4.74 Å². The average molecular weight is 521 g/mol. The van der Waals surface area contributed by atoms with Crippen molar-refractivity contribution in [2.45, 2.75) is 44.7 Å². The number of amides is 3. The molecule has 0 spiro atoms. The van der Waals surface area contributed by atoms with Gasteiger partial charge >= 0.3 is 6.03 Å². The molecule has 3 aliphatic heterocycles. The number of hydrogen-bond acceptors (Lipinski definition) is 5. The summed E-state index contributed by atoms with van der Waals surface area (Å²) >= 11 is 0. The van der Waals surface area contributed by atoms with E-state index in [9.17, 15) is 14.7 Å². The molecule has 0 aliphatic carbocycles. The second-order valence-corrected chi connectivity index (χ2v) is 11.1. The van der Waals surface area contributed by atoms with Gasteiger partial charge in [-0.1, -0.05) is 19.1 Å². The number of methoxy groups -OCH3 is 1.